The van der Waals surface area contributed by atoms with Gasteiger partial charge in [0.1, 0.15) is 0 Å². The van der Waals surface area contributed by atoms with E-state index in [0.717, 1.165) is 49.1 Å². The van der Waals surface area contributed by atoms with Gasteiger partial charge in [0.25, 0.3) is 5.91 Å². The summed E-state index contributed by atoms with van der Waals surface area (Å²) in [5.41, 5.74) is 2.93. The zero-order valence-corrected chi connectivity index (χ0v) is 11.0. The van der Waals surface area contributed by atoms with Crippen LogP contribution in [0.25, 0.3) is 5.70 Å². The van der Waals surface area contributed by atoms with Crippen molar-refractivity contribution in [3.8, 4) is 0 Å². The molecule has 3 heteroatoms. The van der Waals surface area contributed by atoms with Crippen LogP contribution < -0.4 is 0 Å². The topological polar surface area (TPSA) is 40.5 Å². The highest BCUT2D eigenvalue weighted by atomic mass is 16.3. The number of carbonyl (C=O) groups is 1. The fourth-order valence-electron chi connectivity index (χ4n) is 3.07. The molecule has 0 radical (unpaired) electrons. The first kappa shape index (κ1) is 12.4. The van der Waals surface area contributed by atoms with Crippen molar-refractivity contribution in [3.05, 3.63) is 41.5 Å². The number of aliphatic hydroxyl groups excluding tert-OH is 1. The summed E-state index contributed by atoms with van der Waals surface area (Å²) < 4.78 is 0. The van der Waals surface area contributed by atoms with E-state index in [-0.39, 0.29) is 12.5 Å². The van der Waals surface area contributed by atoms with E-state index < -0.39 is 0 Å². The van der Waals surface area contributed by atoms with Gasteiger partial charge in [-0.2, -0.15) is 0 Å². The molecule has 1 N–H and O–H groups in total. The van der Waals surface area contributed by atoms with Crippen molar-refractivity contribution in [3.63, 3.8) is 0 Å². The van der Waals surface area contributed by atoms with Gasteiger partial charge in [-0.15, -0.1) is 0 Å². The largest absolute Gasteiger partial charge is 0.396 e. The summed E-state index contributed by atoms with van der Waals surface area (Å²) in [5.74, 6) is 0.508. The summed E-state index contributed by atoms with van der Waals surface area (Å²) in [6.07, 6.45) is 6.24. The number of fused-ring (bicyclic) bond motifs is 3. The molecule has 1 aromatic carbocycles. The molecule has 1 amide bonds. The lowest BCUT2D eigenvalue weighted by molar-refractivity contribution is 0.0846. The maximum Gasteiger partial charge on any atom is 0.258 e. The van der Waals surface area contributed by atoms with Gasteiger partial charge >= 0.3 is 0 Å². The quantitative estimate of drug-likeness (QED) is 0.885. The van der Waals surface area contributed by atoms with Crippen LogP contribution in [0.4, 0.5) is 0 Å². The third-order valence-electron chi connectivity index (χ3n) is 4.07. The molecule has 2 heterocycles. The van der Waals surface area contributed by atoms with Gasteiger partial charge in [0.2, 0.25) is 0 Å². The van der Waals surface area contributed by atoms with Gasteiger partial charge < -0.3 is 10.0 Å². The smallest absolute Gasteiger partial charge is 0.258 e. The van der Waals surface area contributed by atoms with Crippen molar-refractivity contribution in [1.82, 2.24) is 4.90 Å². The van der Waals surface area contributed by atoms with E-state index in [1.54, 1.807) is 0 Å². The van der Waals surface area contributed by atoms with Crippen molar-refractivity contribution in [2.75, 3.05) is 13.2 Å². The highest BCUT2D eigenvalue weighted by molar-refractivity contribution is 6.09. The number of benzene rings is 1. The number of hydrogen-bond acceptors (Lipinski definition) is 2. The Morgan fingerprint density at radius 2 is 2.00 bits per heavy atom. The molecule has 100 valence electrons. The van der Waals surface area contributed by atoms with E-state index in [4.69, 9.17) is 5.11 Å². The van der Waals surface area contributed by atoms with Gasteiger partial charge in [-0.3, -0.25) is 4.79 Å². The molecule has 1 atom stereocenters. The van der Waals surface area contributed by atoms with E-state index >= 15 is 0 Å². The standard InChI is InChI=1S/C16H19NO2/c18-10-8-12-5-3-4-9-17-15(11-12)13-6-1-2-7-14(13)16(17)19/h1-2,6-7,11-12,18H,3-5,8-10H2/b15-11-. The minimum Gasteiger partial charge on any atom is -0.396 e. The molecule has 19 heavy (non-hydrogen) atoms. The fourth-order valence-corrected chi connectivity index (χ4v) is 3.07. The molecule has 0 saturated carbocycles. The van der Waals surface area contributed by atoms with E-state index in [2.05, 4.69) is 6.08 Å². The lowest BCUT2D eigenvalue weighted by Crippen LogP contribution is -2.26. The monoisotopic (exact) mass is 257 g/mol. The van der Waals surface area contributed by atoms with Crippen molar-refractivity contribution < 1.29 is 9.90 Å². The Labute approximate surface area is 113 Å². The van der Waals surface area contributed by atoms with Gasteiger partial charge in [-0.1, -0.05) is 30.7 Å². The van der Waals surface area contributed by atoms with Crippen LogP contribution in [0.15, 0.2) is 30.3 Å². The normalized spacial score (nSPS) is 25.1. The third-order valence-corrected chi connectivity index (χ3v) is 4.07. The summed E-state index contributed by atoms with van der Waals surface area (Å²) in [6.45, 7) is 1.02. The number of rotatable bonds is 2. The zero-order chi connectivity index (χ0) is 13.2. The van der Waals surface area contributed by atoms with Crippen LogP contribution in [-0.2, 0) is 0 Å². The Kier molecular flexibility index (Phi) is 3.38. The van der Waals surface area contributed by atoms with Crippen molar-refractivity contribution in [1.29, 1.82) is 0 Å². The summed E-state index contributed by atoms with van der Waals surface area (Å²) in [4.78, 5) is 14.3. The number of hydrogen-bond donors (Lipinski definition) is 1. The Hall–Kier alpha value is -1.61. The molecule has 0 aromatic heterocycles. The number of nitrogens with zero attached hydrogens (tertiary/aromatic N) is 1. The molecule has 2 aliphatic heterocycles. The fraction of sp³-hybridized carbons (Fsp3) is 0.438. The summed E-state index contributed by atoms with van der Waals surface area (Å²) >= 11 is 0. The molecule has 0 saturated heterocycles. The Balaban J connectivity index is 2.03. The van der Waals surface area contributed by atoms with Crippen LogP contribution >= 0.6 is 0 Å². The molecule has 3 rings (SSSR count). The first-order chi connectivity index (χ1) is 9.31. The number of carbonyl (C=O) groups excluding carboxylic acids is 1. The Morgan fingerprint density at radius 1 is 1.21 bits per heavy atom. The minimum absolute atomic E-state index is 0.131. The van der Waals surface area contributed by atoms with Crippen molar-refractivity contribution in [2.24, 2.45) is 5.92 Å². The van der Waals surface area contributed by atoms with Crippen LogP contribution in [0.2, 0.25) is 0 Å². The molecule has 3 nitrogen and oxygen atoms in total. The summed E-state index contributed by atoms with van der Waals surface area (Å²) in [5, 5.41) is 9.16. The molecule has 0 spiro atoms. The van der Waals surface area contributed by atoms with Crippen LogP contribution in [-0.4, -0.2) is 29.1 Å². The first-order valence-electron chi connectivity index (χ1n) is 7.05. The second kappa shape index (κ2) is 5.17. The van der Waals surface area contributed by atoms with Gasteiger partial charge in [-0.25, -0.2) is 0 Å². The molecular weight excluding hydrogens is 238 g/mol. The predicted molar refractivity (Wildman–Crippen MR) is 74.5 cm³/mol. The van der Waals surface area contributed by atoms with Crippen LogP contribution in [0.5, 0.6) is 0 Å². The summed E-state index contributed by atoms with van der Waals surface area (Å²) in [6, 6.07) is 7.83. The van der Waals surface area contributed by atoms with E-state index in [1.165, 1.54) is 0 Å². The maximum absolute atomic E-state index is 12.4. The Morgan fingerprint density at radius 3 is 2.79 bits per heavy atom. The van der Waals surface area contributed by atoms with Gasteiger partial charge in [0.05, 0.1) is 0 Å². The molecule has 1 unspecified atom stereocenters. The lowest BCUT2D eigenvalue weighted by Gasteiger charge is -2.24. The molecule has 0 aliphatic carbocycles. The predicted octanol–water partition coefficient (Wildman–Crippen LogP) is 2.67. The van der Waals surface area contributed by atoms with Crippen LogP contribution in [0.3, 0.4) is 0 Å². The minimum atomic E-state index is 0.131. The number of aliphatic hydroxyl groups is 1. The van der Waals surface area contributed by atoms with E-state index in [9.17, 15) is 4.79 Å². The number of amides is 1. The molecule has 0 fully saturated rings. The van der Waals surface area contributed by atoms with Gasteiger partial charge in [0, 0.05) is 30.0 Å². The van der Waals surface area contributed by atoms with E-state index in [1.807, 2.05) is 29.2 Å². The maximum atomic E-state index is 12.4. The van der Waals surface area contributed by atoms with E-state index in [0.29, 0.717) is 5.92 Å². The van der Waals surface area contributed by atoms with Gasteiger partial charge in [-0.05, 0) is 31.2 Å². The van der Waals surface area contributed by atoms with Gasteiger partial charge in [0.15, 0.2) is 0 Å². The highest BCUT2D eigenvalue weighted by Gasteiger charge is 2.32. The second-order valence-electron chi connectivity index (χ2n) is 5.32. The number of allylic oxidation sites excluding steroid dienone is 1. The molecule has 0 bridgehead atoms. The van der Waals surface area contributed by atoms with Crippen LogP contribution in [0.1, 0.15) is 41.6 Å². The summed E-state index contributed by atoms with van der Waals surface area (Å²) in [7, 11) is 0. The highest BCUT2D eigenvalue weighted by Crippen LogP contribution is 2.36. The average molecular weight is 257 g/mol. The zero-order valence-electron chi connectivity index (χ0n) is 11.0. The Bertz CT molecular complexity index is 521. The second-order valence-corrected chi connectivity index (χ2v) is 5.32. The van der Waals surface area contributed by atoms with Crippen molar-refractivity contribution >= 4 is 11.6 Å². The SMILES string of the molecule is O=C1c2ccccc2/C2=C/C(CCO)CCCCN12. The molecular formula is C16H19NO2. The van der Waals surface area contributed by atoms with Crippen molar-refractivity contribution in [2.45, 2.75) is 25.7 Å². The average Bonchev–Trinajstić information content (AvgIpc) is 2.65. The lowest BCUT2D eigenvalue weighted by atomic mass is 9.94. The first-order valence-corrected chi connectivity index (χ1v) is 7.05. The molecule has 2 aliphatic rings. The van der Waals surface area contributed by atoms with Crippen LogP contribution in [0, 0.1) is 5.92 Å². The molecule has 1 aromatic rings. The third kappa shape index (κ3) is 2.19.